The van der Waals surface area contributed by atoms with Crippen molar-refractivity contribution < 1.29 is 5.11 Å². The number of para-hydroxylation sites is 1. The van der Waals surface area contributed by atoms with Crippen LogP contribution in [0, 0.1) is 0 Å². The SMILES string of the molecule is CCN(Cc1ccccc1O)C1CCC(N)CC1. The molecule has 2 rings (SSSR count). The lowest BCUT2D eigenvalue weighted by Gasteiger charge is -2.35. The van der Waals surface area contributed by atoms with Crippen LogP contribution < -0.4 is 5.73 Å². The minimum absolute atomic E-state index is 0.394. The van der Waals surface area contributed by atoms with Crippen LogP contribution in [-0.4, -0.2) is 28.6 Å². The van der Waals surface area contributed by atoms with Gasteiger partial charge in [0.05, 0.1) is 0 Å². The van der Waals surface area contributed by atoms with Gasteiger partial charge in [-0.2, -0.15) is 0 Å². The van der Waals surface area contributed by atoms with Crippen molar-refractivity contribution in [1.82, 2.24) is 4.90 Å². The maximum atomic E-state index is 9.85. The van der Waals surface area contributed by atoms with Gasteiger partial charge in [0.1, 0.15) is 5.75 Å². The molecule has 3 heteroatoms. The zero-order valence-corrected chi connectivity index (χ0v) is 11.2. The van der Waals surface area contributed by atoms with Gasteiger partial charge in [-0.1, -0.05) is 25.1 Å². The minimum atomic E-state index is 0.394. The Bertz CT molecular complexity index is 373. The normalized spacial score (nSPS) is 24.4. The summed E-state index contributed by atoms with van der Waals surface area (Å²) in [6.07, 6.45) is 4.62. The Hall–Kier alpha value is -1.06. The van der Waals surface area contributed by atoms with E-state index in [0.717, 1.165) is 31.5 Å². The van der Waals surface area contributed by atoms with Crippen LogP contribution in [-0.2, 0) is 6.54 Å². The number of nitrogens with zero attached hydrogens (tertiary/aromatic N) is 1. The molecular weight excluding hydrogens is 224 g/mol. The predicted molar refractivity (Wildman–Crippen MR) is 74.4 cm³/mol. The molecule has 0 saturated heterocycles. The number of hydrogen-bond donors (Lipinski definition) is 2. The Morgan fingerprint density at radius 3 is 2.50 bits per heavy atom. The van der Waals surface area contributed by atoms with Crippen molar-refractivity contribution in [1.29, 1.82) is 0 Å². The van der Waals surface area contributed by atoms with Crippen molar-refractivity contribution in [2.24, 2.45) is 5.73 Å². The molecule has 0 spiro atoms. The summed E-state index contributed by atoms with van der Waals surface area (Å²) in [6.45, 7) is 4.05. The van der Waals surface area contributed by atoms with E-state index in [1.807, 2.05) is 18.2 Å². The van der Waals surface area contributed by atoms with Crippen molar-refractivity contribution in [3.8, 4) is 5.75 Å². The number of phenols is 1. The second-order valence-corrected chi connectivity index (χ2v) is 5.26. The van der Waals surface area contributed by atoms with E-state index < -0.39 is 0 Å². The number of hydrogen-bond acceptors (Lipinski definition) is 3. The molecule has 0 aromatic heterocycles. The molecule has 1 aliphatic rings. The van der Waals surface area contributed by atoms with Crippen LogP contribution in [0.1, 0.15) is 38.2 Å². The lowest BCUT2D eigenvalue weighted by molar-refractivity contribution is 0.148. The Morgan fingerprint density at radius 1 is 1.22 bits per heavy atom. The number of aromatic hydroxyl groups is 1. The fraction of sp³-hybridized carbons (Fsp3) is 0.600. The van der Waals surface area contributed by atoms with Crippen LogP contribution in [0.15, 0.2) is 24.3 Å². The number of rotatable bonds is 4. The minimum Gasteiger partial charge on any atom is -0.508 e. The van der Waals surface area contributed by atoms with E-state index >= 15 is 0 Å². The Balaban J connectivity index is 1.99. The fourth-order valence-electron chi connectivity index (χ4n) is 2.83. The fourth-order valence-corrected chi connectivity index (χ4v) is 2.83. The van der Waals surface area contributed by atoms with Gasteiger partial charge in [-0.05, 0) is 38.3 Å². The smallest absolute Gasteiger partial charge is 0.120 e. The van der Waals surface area contributed by atoms with E-state index in [1.54, 1.807) is 6.07 Å². The third kappa shape index (κ3) is 3.24. The molecule has 0 heterocycles. The predicted octanol–water partition coefficient (Wildman–Crippen LogP) is 2.48. The molecule has 0 amide bonds. The Morgan fingerprint density at radius 2 is 1.89 bits per heavy atom. The van der Waals surface area contributed by atoms with Gasteiger partial charge in [-0.15, -0.1) is 0 Å². The highest BCUT2D eigenvalue weighted by Gasteiger charge is 2.23. The lowest BCUT2D eigenvalue weighted by atomic mass is 9.90. The zero-order valence-electron chi connectivity index (χ0n) is 11.2. The summed E-state index contributed by atoms with van der Waals surface area (Å²) < 4.78 is 0. The van der Waals surface area contributed by atoms with Gasteiger partial charge in [-0.3, -0.25) is 4.90 Å². The molecule has 100 valence electrons. The molecular formula is C15H24N2O. The standard InChI is InChI=1S/C15H24N2O/c1-2-17(14-9-7-13(16)8-10-14)11-12-5-3-4-6-15(12)18/h3-6,13-14,18H,2,7-11,16H2,1H3. The quantitative estimate of drug-likeness (QED) is 0.860. The summed E-state index contributed by atoms with van der Waals surface area (Å²) in [6, 6.07) is 8.64. The third-order valence-corrected chi connectivity index (χ3v) is 4.03. The van der Waals surface area contributed by atoms with E-state index in [1.165, 1.54) is 12.8 Å². The van der Waals surface area contributed by atoms with Crippen LogP contribution in [0.5, 0.6) is 5.75 Å². The van der Waals surface area contributed by atoms with E-state index in [-0.39, 0.29) is 0 Å². The molecule has 0 atom stereocenters. The topological polar surface area (TPSA) is 49.5 Å². The molecule has 1 aromatic carbocycles. The summed E-state index contributed by atoms with van der Waals surface area (Å²) >= 11 is 0. The van der Waals surface area contributed by atoms with Gasteiger partial charge in [0.2, 0.25) is 0 Å². The van der Waals surface area contributed by atoms with Crippen LogP contribution in [0.2, 0.25) is 0 Å². The van der Waals surface area contributed by atoms with Gasteiger partial charge in [0.15, 0.2) is 0 Å². The van der Waals surface area contributed by atoms with Crippen molar-refractivity contribution in [2.75, 3.05) is 6.54 Å². The molecule has 0 aliphatic heterocycles. The van der Waals surface area contributed by atoms with Gasteiger partial charge < -0.3 is 10.8 Å². The van der Waals surface area contributed by atoms with Crippen LogP contribution in [0.25, 0.3) is 0 Å². The molecule has 1 aromatic rings. The molecule has 1 fully saturated rings. The molecule has 0 bridgehead atoms. The molecule has 0 unspecified atom stereocenters. The van der Waals surface area contributed by atoms with Gasteiger partial charge in [0, 0.05) is 24.2 Å². The summed E-state index contributed by atoms with van der Waals surface area (Å²) in [5.74, 6) is 0.406. The summed E-state index contributed by atoms with van der Waals surface area (Å²) in [4.78, 5) is 2.46. The second-order valence-electron chi connectivity index (χ2n) is 5.26. The first-order valence-corrected chi connectivity index (χ1v) is 6.97. The first-order valence-electron chi connectivity index (χ1n) is 6.97. The first kappa shape index (κ1) is 13.4. The average molecular weight is 248 g/mol. The molecule has 3 nitrogen and oxygen atoms in total. The summed E-state index contributed by atoms with van der Waals surface area (Å²) in [7, 11) is 0. The number of benzene rings is 1. The highest BCUT2D eigenvalue weighted by atomic mass is 16.3. The Labute approximate surface area is 110 Å². The largest absolute Gasteiger partial charge is 0.508 e. The van der Waals surface area contributed by atoms with Crippen LogP contribution in [0.4, 0.5) is 0 Å². The second kappa shape index (κ2) is 6.21. The molecule has 3 N–H and O–H groups in total. The van der Waals surface area contributed by atoms with E-state index in [4.69, 9.17) is 5.73 Å². The maximum Gasteiger partial charge on any atom is 0.120 e. The van der Waals surface area contributed by atoms with Crippen molar-refractivity contribution in [2.45, 2.75) is 51.2 Å². The van der Waals surface area contributed by atoms with Crippen LogP contribution in [0.3, 0.4) is 0 Å². The molecule has 18 heavy (non-hydrogen) atoms. The van der Waals surface area contributed by atoms with Gasteiger partial charge in [-0.25, -0.2) is 0 Å². The van der Waals surface area contributed by atoms with E-state index in [9.17, 15) is 5.11 Å². The van der Waals surface area contributed by atoms with E-state index in [2.05, 4.69) is 11.8 Å². The Kier molecular flexibility index (Phi) is 4.61. The van der Waals surface area contributed by atoms with Gasteiger partial charge >= 0.3 is 0 Å². The molecule has 1 saturated carbocycles. The monoisotopic (exact) mass is 248 g/mol. The number of phenolic OH excluding ortho intramolecular Hbond substituents is 1. The van der Waals surface area contributed by atoms with E-state index in [0.29, 0.717) is 17.8 Å². The highest BCUT2D eigenvalue weighted by Crippen LogP contribution is 2.25. The average Bonchev–Trinajstić information content (AvgIpc) is 2.39. The number of nitrogens with two attached hydrogens (primary N) is 1. The first-order chi connectivity index (χ1) is 8.70. The lowest BCUT2D eigenvalue weighted by Crippen LogP contribution is -2.40. The van der Waals surface area contributed by atoms with Gasteiger partial charge in [0.25, 0.3) is 0 Å². The summed E-state index contributed by atoms with van der Waals surface area (Å²) in [5.41, 5.74) is 6.98. The zero-order chi connectivity index (χ0) is 13.0. The summed E-state index contributed by atoms with van der Waals surface area (Å²) in [5, 5.41) is 9.85. The maximum absolute atomic E-state index is 9.85. The van der Waals surface area contributed by atoms with Crippen molar-refractivity contribution >= 4 is 0 Å². The third-order valence-electron chi connectivity index (χ3n) is 4.03. The van der Waals surface area contributed by atoms with Crippen molar-refractivity contribution in [3.63, 3.8) is 0 Å². The highest BCUT2D eigenvalue weighted by molar-refractivity contribution is 5.31. The van der Waals surface area contributed by atoms with Crippen LogP contribution >= 0.6 is 0 Å². The molecule has 1 aliphatic carbocycles. The van der Waals surface area contributed by atoms with Crippen molar-refractivity contribution in [3.05, 3.63) is 29.8 Å². The molecule has 0 radical (unpaired) electrons.